The summed E-state index contributed by atoms with van der Waals surface area (Å²) < 4.78 is 86.2. The first-order chi connectivity index (χ1) is 28.1. The molecule has 5 aliphatic rings. The van der Waals surface area contributed by atoms with E-state index in [1.54, 1.807) is 32.2 Å². The Labute approximate surface area is 347 Å². The molecule has 4 heterocycles. The number of carbonyl (C=O) groups is 4. The minimum Gasteiger partial charge on any atom is -0.489 e. The third-order valence-corrected chi connectivity index (χ3v) is 14.9. The Kier molecular flexibility index (Phi) is 11.2. The Balaban J connectivity index is 1.23. The van der Waals surface area contributed by atoms with Gasteiger partial charge in [0.1, 0.15) is 30.3 Å². The van der Waals surface area contributed by atoms with E-state index in [0.29, 0.717) is 70.2 Å². The molecule has 0 bridgehead atoms. The molecule has 2 saturated carbocycles. The smallest absolute Gasteiger partial charge is 0.427 e. The van der Waals surface area contributed by atoms with E-state index in [4.69, 9.17) is 14.2 Å². The van der Waals surface area contributed by atoms with Gasteiger partial charge in [-0.05, 0) is 89.3 Å². The van der Waals surface area contributed by atoms with Gasteiger partial charge in [0.25, 0.3) is 5.91 Å². The van der Waals surface area contributed by atoms with E-state index in [1.165, 1.54) is 4.90 Å². The predicted molar refractivity (Wildman–Crippen MR) is 214 cm³/mol. The number of nitrogens with zero attached hydrogens (tertiary/aromatic N) is 3. The second-order valence-electron chi connectivity index (χ2n) is 17.9. The molecule has 2 aromatic rings. The van der Waals surface area contributed by atoms with Crippen molar-refractivity contribution in [2.75, 3.05) is 31.6 Å². The number of likely N-dealkylation sites (N-methyl/N-ethyl adjacent to an activating group) is 1. The molecule has 328 valence electrons. The van der Waals surface area contributed by atoms with Crippen molar-refractivity contribution in [1.82, 2.24) is 25.2 Å². The lowest BCUT2D eigenvalue weighted by atomic mass is 9.88. The molecule has 7 atom stereocenters. The zero-order chi connectivity index (χ0) is 43.6. The first-order valence-corrected chi connectivity index (χ1v) is 21.9. The van der Waals surface area contributed by atoms with Crippen molar-refractivity contribution in [2.45, 2.75) is 120 Å². The highest BCUT2D eigenvalue weighted by atomic mass is 32.2. The van der Waals surface area contributed by atoms with Crippen molar-refractivity contribution in [3.05, 3.63) is 36.5 Å². The van der Waals surface area contributed by atoms with E-state index in [-0.39, 0.29) is 31.2 Å². The Morgan fingerprint density at radius 2 is 1.82 bits per heavy atom. The van der Waals surface area contributed by atoms with E-state index in [0.717, 1.165) is 11.1 Å². The predicted octanol–water partition coefficient (Wildman–Crippen LogP) is 4.73. The number of aromatic nitrogens is 1. The second-order valence-corrected chi connectivity index (χ2v) is 20.1. The monoisotopic (exact) mass is 862 g/mol. The number of halogens is 3. The number of benzene rings is 1. The van der Waals surface area contributed by atoms with Gasteiger partial charge in [0.15, 0.2) is 5.75 Å². The molecule has 4 amide bonds. The third kappa shape index (κ3) is 8.29. The molecule has 7 rings (SSSR count). The van der Waals surface area contributed by atoms with Crippen molar-refractivity contribution in [1.29, 1.82) is 0 Å². The van der Waals surface area contributed by atoms with Crippen LogP contribution in [0.2, 0.25) is 0 Å². The fourth-order valence-corrected chi connectivity index (χ4v) is 9.65. The van der Waals surface area contributed by atoms with Crippen LogP contribution in [0.4, 0.5) is 23.7 Å². The van der Waals surface area contributed by atoms with Crippen LogP contribution >= 0.6 is 0 Å². The molecule has 1 saturated heterocycles. The Morgan fingerprint density at radius 1 is 1.08 bits per heavy atom. The van der Waals surface area contributed by atoms with Gasteiger partial charge in [0.2, 0.25) is 33.3 Å². The number of amides is 4. The highest BCUT2D eigenvalue weighted by Crippen LogP contribution is 2.48. The molecule has 19 heteroatoms. The molecule has 0 spiro atoms. The fourth-order valence-electron chi connectivity index (χ4n) is 8.34. The fraction of sp³-hybridized carbons (Fsp3) is 0.634. The lowest BCUT2D eigenvalue weighted by molar-refractivity contribution is -0.244. The first-order valence-electron chi connectivity index (χ1n) is 20.4. The lowest BCUT2D eigenvalue weighted by Gasteiger charge is -2.34. The summed E-state index contributed by atoms with van der Waals surface area (Å²) in [6.45, 7) is 7.52. The summed E-state index contributed by atoms with van der Waals surface area (Å²) in [5.41, 5.74) is -3.65. The largest absolute Gasteiger partial charge is 0.489 e. The van der Waals surface area contributed by atoms with Crippen LogP contribution in [0.3, 0.4) is 0 Å². The number of nitrogens with one attached hydrogen (secondary N) is 3. The van der Waals surface area contributed by atoms with E-state index in [2.05, 4.69) is 25.2 Å². The quantitative estimate of drug-likeness (QED) is 0.327. The van der Waals surface area contributed by atoms with Crippen molar-refractivity contribution < 1.29 is 55.0 Å². The molecule has 15 nitrogen and oxygen atoms in total. The normalized spacial score (nSPS) is 29.9. The maximum absolute atomic E-state index is 14.8. The molecule has 1 aromatic heterocycles. The Morgan fingerprint density at radius 3 is 2.52 bits per heavy atom. The molecule has 60 heavy (non-hydrogen) atoms. The molecule has 2 aliphatic carbocycles. The number of rotatable bonds is 7. The molecule has 1 aromatic carbocycles. The van der Waals surface area contributed by atoms with E-state index >= 15 is 0 Å². The van der Waals surface area contributed by atoms with E-state index in [1.807, 2.05) is 32.2 Å². The van der Waals surface area contributed by atoms with Crippen LogP contribution in [-0.2, 0) is 29.1 Å². The number of sulfonamides is 1. The number of alkyl carbamates (subject to hydrolysis) is 1. The van der Waals surface area contributed by atoms with Gasteiger partial charge in [-0.2, -0.15) is 13.2 Å². The summed E-state index contributed by atoms with van der Waals surface area (Å²) >= 11 is 0. The molecular weight excluding hydrogens is 810 g/mol. The molecule has 3 aliphatic heterocycles. The average molecular weight is 863 g/mol. The summed E-state index contributed by atoms with van der Waals surface area (Å²) in [7, 11) is -2.13. The third-order valence-electron chi connectivity index (χ3n) is 12.8. The van der Waals surface area contributed by atoms with Crippen molar-refractivity contribution in [2.24, 2.45) is 17.8 Å². The molecular formula is C41H53F3N6O9S. The van der Waals surface area contributed by atoms with Gasteiger partial charge < -0.3 is 34.6 Å². The van der Waals surface area contributed by atoms with Gasteiger partial charge in [0.05, 0.1) is 23.5 Å². The number of alkyl halides is 3. The molecule has 3 fully saturated rings. The molecule has 3 N–H and O–H groups in total. The number of hydrogen-bond acceptors (Lipinski definition) is 11. The zero-order valence-electron chi connectivity index (χ0n) is 34.6. The number of anilines is 1. The van der Waals surface area contributed by atoms with Gasteiger partial charge >= 0.3 is 12.3 Å². The number of carbonyl (C=O) groups excluding carboxylic acids is 4. The van der Waals surface area contributed by atoms with E-state index < -0.39 is 85.9 Å². The van der Waals surface area contributed by atoms with Crippen LogP contribution in [0.1, 0.15) is 79.6 Å². The van der Waals surface area contributed by atoms with Crippen LogP contribution in [-0.4, -0.2) is 109 Å². The van der Waals surface area contributed by atoms with Crippen LogP contribution in [0.5, 0.6) is 11.6 Å². The van der Waals surface area contributed by atoms with Crippen LogP contribution in [0.15, 0.2) is 36.5 Å². The standard InChI is InChI=1S/C41H53F3N6O9S/c1-23-9-7-8-10-25-21-40(25,36(53)48-60(55,56)39(5)14-15-39)47-33(51)30-20-26(58-34-28-11-12-29-32(27(28)13-16-45-34)57-18-17-49(29)6)22-50(30)35(52)31(24(2)19-23)46-37(54)59-38(3,4)41(42,43)44/h8,10-13,16,23-26,30-31H,7,9,14-15,17-22H2,1-6H3,(H,46,54)(H,47,51)(H,48,53)/b10-8-/t23-,24+,25+,26+,30-,31-,40+/m0/s1. The number of fused-ring (bicyclic) bond motifs is 5. The lowest BCUT2D eigenvalue weighted by Crippen LogP contribution is -2.59. The Bertz CT molecular complexity index is 2200. The van der Waals surface area contributed by atoms with Gasteiger partial charge in [-0.15, -0.1) is 0 Å². The number of hydrogen-bond donors (Lipinski definition) is 3. The first kappa shape index (κ1) is 43.3. The zero-order valence-corrected chi connectivity index (χ0v) is 35.4. The number of allylic oxidation sites excluding steroid dienone is 1. The van der Waals surface area contributed by atoms with Crippen LogP contribution in [0, 0.1) is 17.8 Å². The summed E-state index contributed by atoms with van der Waals surface area (Å²) in [4.78, 5) is 64.3. The maximum Gasteiger partial charge on any atom is 0.427 e. The topological polar surface area (TPSA) is 186 Å². The molecule has 0 unspecified atom stereocenters. The molecule has 0 radical (unpaired) electrons. The van der Waals surface area contributed by atoms with Crippen molar-refractivity contribution in [3.63, 3.8) is 0 Å². The van der Waals surface area contributed by atoms with Gasteiger partial charge in [-0.3, -0.25) is 19.1 Å². The Hall–Kier alpha value is -4.81. The second kappa shape index (κ2) is 15.6. The van der Waals surface area contributed by atoms with Crippen molar-refractivity contribution >= 4 is 50.3 Å². The minimum atomic E-state index is -4.91. The average Bonchev–Trinajstić information content (AvgIpc) is 4.04. The van der Waals surface area contributed by atoms with Gasteiger partial charge in [-0.1, -0.05) is 26.0 Å². The summed E-state index contributed by atoms with van der Waals surface area (Å²) in [5, 5.41) is 6.55. The van der Waals surface area contributed by atoms with Gasteiger partial charge in [-0.25, -0.2) is 18.2 Å². The summed E-state index contributed by atoms with van der Waals surface area (Å²) in [6.07, 6.45) is 0.225. The number of ether oxygens (including phenoxy) is 3. The maximum atomic E-state index is 14.8. The summed E-state index contributed by atoms with van der Waals surface area (Å²) in [6, 6.07) is 2.75. The van der Waals surface area contributed by atoms with Crippen LogP contribution in [0.25, 0.3) is 10.8 Å². The highest BCUT2D eigenvalue weighted by molar-refractivity contribution is 7.91. The van der Waals surface area contributed by atoms with Crippen LogP contribution < -0.4 is 29.7 Å². The SMILES string of the molecule is C[C@H]1CC/C=C\[C@@H]2C[C@@]2(C(=O)NS(=O)(=O)C2(C)CC2)NC(=O)[C@@H]2C[C@@H](Oc3nccc4c5c(ccc34)N(C)CCO5)CN2C(=O)[C@@H](NC(=O)OC(C)(C)C(F)(F)F)[C@H](C)C1. The van der Waals surface area contributed by atoms with Gasteiger partial charge in [0, 0.05) is 36.4 Å². The number of pyridine rings is 1. The van der Waals surface area contributed by atoms with Crippen molar-refractivity contribution in [3.8, 4) is 11.6 Å². The highest BCUT2D eigenvalue weighted by Gasteiger charge is 2.63. The summed E-state index contributed by atoms with van der Waals surface area (Å²) in [5.74, 6) is -2.82. The van der Waals surface area contributed by atoms with E-state index in [9.17, 15) is 40.8 Å². The minimum absolute atomic E-state index is 0.0386.